The third-order valence-corrected chi connectivity index (χ3v) is 7.16. The van der Waals surface area contributed by atoms with Crippen molar-refractivity contribution < 1.29 is 14.2 Å². The molecule has 0 spiro atoms. The van der Waals surface area contributed by atoms with E-state index >= 15 is 0 Å². The summed E-state index contributed by atoms with van der Waals surface area (Å²) in [6.45, 7) is 3.19. The van der Waals surface area contributed by atoms with Crippen molar-refractivity contribution >= 4 is 19.8 Å². The van der Waals surface area contributed by atoms with Crippen LogP contribution < -0.4 is 0 Å². The van der Waals surface area contributed by atoms with Gasteiger partial charge in [-0.1, -0.05) is 6.55 Å². The summed E-state index contributed by atoms with van der Waals surface area (Å²) < 4.78 is 17.1. The van der Waals surface area contributed by atoms with E-state index in [1.165, 1.54) is 19.3 Å². The van der Waals surface area contributed by atoms with E-state index in [1.807, 2.05) is 0 Å². The smallest absolute Gasteiger partial charge is 0.144 e. The SMILES string of the molecule is COC(CCC1([SiH3])CCCCO1)(OC)[SiH2]C. The topological polar surface area (TPSA) is 27.7 Å². The molecule has 0 aromatic rings. The Balaban J connectivity index is 2.47. The zero-order valence-corrected chi connectivity index (χ0v) is 14.6. The second kappa shape index (κ2) is 6.30. The van der Waals surface area contributed by atoms with E-state index in [9.17, 15) is 0 Å². The molecule has 1 aliphatic rings. The largest absolute Gasteiger partial charge is 0.380 e. The van der Waals surface area contributed by atoms with Gasteiger partial charge in [-0.05, 0) is 32.1 Å². The highest BCUT2D eigenvalue weighted by Gasteiger charge is 2.34. The molecule has 0 N–H and O–H groups in total. The van der Waals surface area contributed by atoms with Crippen molar-refractivity contribution in [3.8, 4) is 0 Å². The third-order valence-electron chi connectivity index (χ3n) is 3.87. The van der Waals surface area contributed by atoms with Gasteiger partial charge in [0.2, 0.25) is 0 Å². The molecule has 0 aromatic heterocycles. The number of hydrogen-bond acceptors (Lipinski definition) is 3. The average molecular weight is 262 g/mol. The van der Waals surface area contributed by atoms with Gasteiger partial charge in [0.15, 0.2) is 0 Å². The highest BCUT2D eigenvalue weighted by molar-refractivity contribution is 6.37. The predicted molar refractivity (Wildman–Crippen MR) is 72.9 cm³/mol. The molecule has 96 valence electrons. The minimum Gasteiger partial charge on any atom is -0.380 e. The quantitative estimate of drug-likeness (QED) is 0.505. The molecule has 1 unspecified atom stereocenters. The van der Waals surface area contributed by atoms with Gasteiger partial charge in [0.05, 0.1) is 9.52 Å². The van der Waals surface area contributed by atoms with Gasteiger partial charge in [-0.2, -0.15) is 0 Å². The van der Waals surface area contributed by atoms with Crippen LogP contribution in [0.3, 0.4) is 0 Å². The van der Waals surface area contributed by atoms with E-state index in [1.54, 1.807) is 14.2 Å². The van der Waals surface area contributed by atoms with E-state index in [-0.39, 0.29) is 20.2 Å². The number of hydrogen-bond donors (Lipinski definition) is 0. The lowest BCUT2D eigenvalue weighted by Crippen LogP contribution is -2.44. The second-order valence-electron chi connectivity index (χ2n) is 4.93. The van der Waals surface area contributed by atoms with E-state index in [4.69, 9.17) is 14.2 Å². The van der Waals surface area contributed by atoms with Crippen LogP contribution in [0.1, 0.15) is 32.1 Å². The molecule has 16 heavy (non-hydrogen) atoms. The number of rotatable bonds is 6. The van der Waals surface area contributed by atoms with Crippen LogP contribution in [-0.2, 0) is 14.2 Å². The molecule has 0 amide bonds. The first-order valence-corrected chi connectivity index (χ1v) is 9.46. The molecule has 0 saturated carbocycles. The lowest BCUT2D eigenvalue weighted by molar-refractivity contribution is -0.157. The second-order valence-corrected chi connectivity index (χ2v) is 8.53. The monoisotopic (exact) mass is 262 g/mol. The standard InChI is InChI=1S/C11H26O3Si2/c1-12-11(13-2,16-3)8-7-10(15)6-4-5-9-14-10/h4-9,16H2,1-3,15H3. The van der Waals surface area contributed by atoms with Gasteiger partial charge in [0, 0.05) is 36.3 Å². The summed E-state index contributed by atoms with van der Waals surface area (Å²) in [5, 5.41) is 0.185. The highest BCUT2D eigenvalue weighted by atomic mass is 28.2. The molecule has 1 heterocycles. The maximum absolute atomic E-state index is 5.96. The zero-order valence-electron chi connectivity index (χ0n) is 11.2. The molecule has 0 aliphatic carbocycles. The van der Waals surface area contributed by atoms with Crippen molar-refractivity contribution in [3.05, 3.63) is 0 Å². The van der Waals surface area contributed by atoms with Crippen molar-refractivity contribution in [2.75, 3.05) is 20.8 Å². The zero-order chi connectivity index (χ0) is 12.1. The Morgan fingerprint density at radius 1 is 1.38 bits per heavy atom. The van der Waals surface area contributed by atoms with Gasteiger partial charge in [-0.25, -0.2) is 0 Å². The van der Waals surface area contributed by atoms with Crippen LogP contribution in [0.4, 0.5) is 0 Å². The van der Waals surface area contributed by atoms with E-state index in [0.29, 0.717) is 0 Å². The Morgan fingerprint density at radius 2 is 2.06 bits per heavy atom. The molecule has 0 aromatic carbocycles. The van der Waals surface area contributed by atoms with Crippen molar-refractivity contribution in [1.29, 1.82) is 0 Å². The Morgan fingerprint density at radius 3 is 2.50 bits per heavy atom. The maximum Gasteiger partial charge on any atom is 0.144 e. The summed E-state index contributed by atoms with van der Waals surface area (Å²) in [5.41, 5.74) is -0.266. The molecule has 1 atom stereocenters. The van der Waals surface area contributed by atoms with Crippen molar-refractivity contribution in [1.82, 2.24) is 0 Å². The molecular formula is C11H26O3Si2. The summed E-state index contributed by atoms with van der Waals surface area (Å²) in [7, 11) is 4.31. The fourth-order valence-corrected chi connectivity index (χ4v) is 4.31. The molecule has 0 radical (unpaired) electrons. The minimum absolute atomic E-state index is 0.185. The fourth-order valence-electron chi connectivity index (χ4n) is 2.40. The molecule has 1 saturated heterocycles. The molecule has 1 aliphatic heterocycles. The molecule has 1 fully saturated rings. The number of ether oxygens (including phenoxy) is 3. The average Bonchev–Trinajstić information content (AvgIpc) is 2.33. The van der Waals surface area contributed by atoms with Gasteiger partial charge >= 0.3 is 0 Å². The van der Waals surface area contributed by atoms with E-state index in [2.05, 4.69) is 6.55 Å². The van der Waals surface area contributed by atoms with Crippen LogP contribution >= 0.6 is 0 Å². The molecule has 5 heteroatoms. The van der Waals surface area contributed by atoms with E-state index in [0.717, 1.165) is 29.7 Å². The number of methoxy groups -OCH3 is 2. The van der Waals surface area contributed by atoms with Crippen LogP contribution in [0.2, 0.25) is 6.55 Å². The summed E-state index contributed by atoms with van der Waals surface area (Å²) >= 11 is 0. The minimum atomic E-state index is -0.336. The summed E-state index contributed by atoms with van der Waals surface area (Å²) in [4.78, 5) is 0. The lowest BCUT2D eigenvalue weighted by Gasteiger charge is -2.38. The van der Waals surface area contributed by atoms with Gasteiger partial charge in [0.25, 0.3) is 0 Å². The maximum atomic E-state index is 5.96. The Bertz CT molecular complexity index is 193. The highest BCUT2D eigenvalue weighted by Crippen LogP contribution is 2.30. The van der Waals surface area contributed by atoms with Crippen LogP contribution in [-0.4, -0.2) is 51.2 Å². The van der Waals surface area contributed by atoms with Crippen molar-refractivity contribution in [2.24, 2.45) is 0 Å². The first-order chi connectivity index (χ1) is 7.60. The van der Waals surface area contributed by atoms with Crippen molar-refractivity contribution in [3.63, 3.8) is 0 Å². The summed E-state index contributed by atoms with van der Waals surface area (Å²) in [5.74, 6) is 0. The summed E-state index contributed by atoms with van der Waals surface area (Å²) in [6, 6.07) is 0. The molecule has 3 nitrogen and oxygen atoms in total. The van der Waals surface area contributed by atoms with Crippen LogP contribution in [0, 0.1) is 0 Å². The summed E-state index contributed by atoms with van der Waals surface area (Å²) in [6.07, 6.45) is 5.87. The Kier molecular flexibility index (Phi) is 5.66. The Hall–Kier alpha value is 0.314. The molecular weight excluding hydrogens is 236 g/mol. The van der Waals surface area contributed by atoms with Gasteiger partial charge in [0.1, 0.15) is 5.41 Å². The predicted octanol–water partition coefficient (Wildman–Crippen LogP) is 0.192. The first-order valence-electron chi connectivity index (χ1n) is 6.34. The molecule has 0 bridgehead atoms. The van der Waals surface area contributed by atoms with Gasteiger partial charge < -0.3 is 14.2 Å². The third kappa shape index (κ3) is 3.66. The van der Waals surface area contributed by atoms with Crippen molar-refractivity contribution in [2.45, 2.75) is 49.3 Å². The first kappa shape index (κ1) is 14.4. The van der Waals surface area contributed by atoms with Crippen LogP contribution in [0.5, 0.6) is 0 Å². The van der Waals surface area contributed by atoms with E-state index < -0.39 is 0 Å². The Labute approximate surface area is 104 Å². The van der Waals surface area contributed by atoms with Gasteiger partial charge in [-0.3, -0.25) is 0 Å². The normalized spacial score (nSPS) is 27.9. The fraction of sp³-hybridized carbons (Fsp3) is 1.00. The lowest BCUT2D eigenvalue weighted by atomic mass is 10.0. The van der Waals surface area contributed by atoms with Crippen LogP contribution in [0.25, 0.3) is 0 Å². The molecule has 1 rings (SSSR count). The van der Waals surface area contributed by atoms with Gasteiger partial charge in [-0.15, -0.1) is 0 Å². The van der Waals surface area contributed by atoms with Crippen LogP contribution in [0.15, 0.2) is 0 Å².